The molecule has 1 aliphatic heterocycles. The van der Waals surface area contributed by atoms with E-state index in [4.69, 9.17) is 14.2 Å². The Morgan fingerprint density at radius 1 is 1.21 bits per heavy atom. The van der Waals surface area contributed by atoms with E-state index in [0.717, 1.165) is 26.1 Å². The number of rotatable bonds is 6. The van der Waals surface area contributed by atoms with Crippen molar-refractivity contribution in [3.63, 3.8) is 0 Å². The lowest BCUT2D eigenvalue weighted by Crippen LogP contribution is -2.34. The first-order valence-corrected chi connectivity index (χ1v) is 7.99. The van der Waals surface area contributed by atoms with Crippen LogP contribution < -0.4 is 19.5 Å². The van der Waals surface area contributed by atoms with E-state index in [0.29, 0.717) is 28.9 Å². The summed E-state index contributed by atoms with van der Waals surface area (Å²) in [7, 11) is 8.76. The number of urea groups is 1. The maximum Gasteiger partial charge on any atom is 0.321 e. The smallest absolute Gasteiger partial charge is 0.321 e. The van der Waals surface area contributed by atoms with Crippen molar-refractivity contribution in [2.45, 2.75) is 6.42 Å². The van der Waals surface area contributed by atoms with Gasteiger partial charge in [0.05, 0.1) is 27.0 Å². The molecule has 1 saturated heterocycles. The monoisotopic (exact) mass is 337 g/mol. The maximum atomic E-state index is 12.5. The fourth-order valence-electron chi connectivity index (χ4n) is 3.04. The van der Waals surface area contributed by atoms with Crippen molar-refractivity contribution in [2.75, 3.05) is 60.4 Å². The number of amides is 2. The van der Waals surface area contributed by atoms with Crippen LogP contribution in [0.2, 0.25) is 0 Å². The Morgan fingerprint density at radius 2 is 1.83 bits per heavy atom. The number of carbonyl (C=O) groups is 1. The van der Waals surface area contributed by atoms with Crippen molar-refractivity contribution >= 4 is 11.7 Å². The van der Waals surface area contributed by atoms with Gasteiger partial charge in [0.2, 0.25) is 5.75 Å². The zero-order valence-corrected chi connectivity index (χ0v) is 15.1. The summed E-state index contributed by atoms with van der Waals surface area (Å²) in [5.41, 5.74) is 0.616. The Balaban J connectivity index is 2.07. The summed E-state index contributed by atoms with van der Waals surface area (Å²) < 4.78 is 15.9. The summed E-state index contributed by atoms with van der Waals surface area (Å²) in [5.74, 6) is 2.05. The number of hydrogen-bond acceptors (Lipinski definition) is 5. The number of methoxy groups -OCH3 is 3. The summed E-state index contributed by atoms with van der Waals surface area (Å²) in [6.07, 6.45) is 1.03. The molecular weight excluding hydrogens is 310 g/mol. The van der Waals surface area contributed by atoms with Gasteiger partial charge in [0.25, 0.3) is 0 Å². The Labute approximate surface area is 143 Å². The Kier molecular flexibility index (Phi) is 6.14. The normalized spacial score (nSPS) is 17.1. The van der Waals surface area contributed by atoms with Gasteiger partial charge in [-0.05, 0) is 26.4 Å². The third-order valence-electron chi connectivity index (χ3n) is 4.11. The zero-order valence-electron chi connectivity index (χ0n) is 15.1. The standard InChI is InChI=1S/C17H27N3O4/c1-19(2)10-12-6-7-20(11-12)17(21)18-13-8-14(22-3)16(24-5)15(9-13)23-4/h8-9,12H,6-7,10-11H2,1-5H3,(H,18,21)/t12-/m0/s1. The Bertz CT molecular complexity index is 552. The molecule has 1 aliphatic rings. The van der Waals surface area contributed by atoms with Gasteiger partial charge in [0.1, 0.15) is 0 Å². The van der Waals surface area contributed by atoms with E-state index in [1.54, 1.807) is 33.5 Å². The largest absolute Gasteiger partial charge is 0.493 e. The highest BCUT2D eigenvalue weighted by molar-refractivity contribution is 5.90. The lowest BCUT2D eigenvalue weighted by atomic mass is 10.1. The average Bonchev–Trinajstić information content (AvgIpc) is 3.01. The predicted molar refractivity (Wildman–Crippen MR) is 93.4 cm³/mol. The second-order valence-corrected chi connectivity index (χ2v) is 6.21. The first kappa shape index (κ1) is 18.2. The number of likely N-dealkylation sites (tertiary alicyclic amines) is 1. The van der Waals surface area contributed by atoms with E-state index in [9.17, 15) is 4.79 Å². The number of anilines is 1. The Hall–Kier alpha value is -2.15. The first-order chi connectivity index (χ1) is 11.5. The van der Waals surface area contributed by atoms with Crippen LogP contribution >= 0.6 is 0 Å². The highest BCUT2D eigenvalue weighted by Crippen LogP contribution is 2.40. The molecule has 1 aromatic rings. The Morgan fingerprint density at radius 3 is 2.33 bits per heavy atom. The van der Waals surface area contributed by atoms with Gasteiger partial charge in [-0.25, -0.2) is 4.79 Å². The first-order valence-electron chi connectivity index (χ1n) is 7.99. The fraction of sp³-hybridized carbons (Fsp3) is 0.588. The van der Waals surface area contributed by atoms with Crippen LogP contribution in [0.1, 0.15) is 6.42 Å². The number of nitrogens with one attached hydrogen (secondary N) is 1. The highest BCUT2D eigenvalue weighted by Gasteiger charge is 2.27. The third kappa shape index (κ3) is 4.23. The molecule has 2 amide bonds. The van der Waals surface area contributed by atoms with Crippen molar-refractivity contribution in [1.82, 2.24) is 9.80 Å². The SMILES string of the molecule is COc1cc(NC(=O)N2CC[C@@H](CN(C)C)C2)cc(OC)c1OC. The van der Waals surface area contributed by atoms with Gasteiger partial charge in [-0.3, -0.25) is 0 Å². The van der Waals surface area contributed by atoms with Crippen LogP contribution in [0, 0.1) is 5.92 Å². The molecule has 1 N–H and O–H groups in total. The van der Waals surface area contributed by atoms with Crippen LogP contribution in [0.5, 0.6) is 17.2 Å². The highest BCUT2D eigenvalue weighted by atomic mass is 16.5. The summed E-state index contributed by atoms with van der Waals surface area (Å²) in [6, 6.07) is 3.35. The van der Waals surface area contributed by atoms with Crippen molar-refractivity contribution in [3.8, 4) is 17.2 Å². The molecule has 7 nitrogen and oxygen atoms in total. The molecule has 1 aromatic carbocycles. The second kappa shape index (κ2) is 8.10. The molecule has 2 rings (SSSR count). The number of carbonyl (C=O) groups excluding carboxylic acids is 1. The summed E-state index contributed by atoms with van der Waals surface area (Å²) >= 11 is 0. The van der Waals surface area contributed by atoms with Crippen LogP contribution in [0.25, 0.3) is 0 Å². The minimum Gasteiger partial charge on any atom is -0.493 e. The molecule has 1 fully saturated rings. The minimum atomic E-state index is -0.106. The summed E-state index contributed by atoms with van der Waals surface area (Å²) in [6.45, 7) is 2.54. The van der Waals surface area contributed by atoms with Crippen LogP contribution in [-0.2, 0) is 0 Å². The zero-order chi connectivity index (χ0) is 17.7. The van der Waals surface area contributed by atoms with Gasteiger partial charge in [0.15, 0.2) is 11.5 Å². The maximum absolute atomic E-state index is 12.5. The quantitative estimate of drug-likeness (QED) is 0.861. The van der Waals surface area contributed by atoms with E-state index in [2.05, 4.69) is 24.3 Å². The molecule has 24 heavy (non-hydrogen) atoms. The van der Waals surface area contributed by atoms with Gasteiger partial charge in [0, 0.05) is 31.8 Å². The number of nitrogens with zero attached hydrogens (tertiary/aromatic N) is 2. The number of benzene rings is 1. The van der Waals surface area contributed by atoms with Crippen molar-refractivity contribution < 1.29 is 19.0 Å². The molecular formula is C17H27N3O4. The van der Waals surface area contributed by atoms with Crippen molar-refractivity contribution in [2.24, 2.45) is 5.92 Å². The molecule has 1 heterocycles. The van der Waals surface area contributed by atoms with Gasteiger partial charge in [-0.2, -0.15) is 0 Å². The topological polar surface area (TPSA) is 63.3 Å². The van der Waals surface area contributed by atoms with Gasteiger partial charge < -0.3 is 29.3 Å². The lowest BCUT2D eigenvalue weighted by molar-refractivity contribution is 0.219. The van der Waals surface area contributed by atoms with E-state index in [1.807, 2.05) is 4.90 Å². The van der Waals surface area contributed by atoms with E-state index in [1.165, 1.54) is 0 Å². The molecule has 0 radical (unpaired) electrons. The molecule has 1 atom stereocenters. The molecule has 0 bridgehead atoms. The van der Waals surface area contributed by atoms with Crippen molar-refractivity contribution in [1.29, 1.82) is 0 Å². The summed E-state index contributed by atoms with van der Waals surface area (Å²) in [4.78, 5) is 16.5. The lowest BCUT2D eigenvalue weighted by Gasteiger charge is -2.20. The second-order valence-electron chi connectivity index (χ2n) is 6.21. The van der Waals surface area contributed by atoms with Gasteiger partial charge >= 0.3 is 6.03 Å². The average molecular weight is 337 g/mol. The predicted octanol–water partition coefficient (Wildman–Crippen LogP) is 2.13. The minimum absolute atomic E-state index is 0.106. The van der Waals surface area contributed by atoms with E-state index >= 15 is 0 Å². The van der Waals surface area contributed by atoms with Crippen molar-refractivity contribution in [3.05, 3.63) is 12.1 Å². The molecule has 0 saturated carbocycles. The molecule has 0 spiro atoms. The molecule has 0 aromatic heterocycles. The number of hydrogen-bond donors (Lipinski definition) is 1. The van der Waals surface area contributed by atoms with Crippen LogP contribution in [0.15, 0.2) is 12.1 Å². The van der Waals surface area contributed by atoms with E-state index in [-0.39, 0.29) is 6.03 Å². The van der Waals surface area contributed by atoms with Gasteiger partial charge in [-0.1, -0.05) is 0 Å². The fourth-order valence-corrected chi connectivity index (χ4v) is 3.04. The molecule has 0 unspecified atom stereocenters. The summed E-state index contributed by atoms with van der Waals surface area (Å²) in [5, 5.41) is 2.92. The molecule has 7 heteroatoms. The number of ether oxygens (including phenoxy) is 3. The molecule has 0 aliphatic carbocycles. The third-order valence-corrected chi connectivity index (χ3v) is 4.11. The van der Waals surface area contributed by atoms with Crippen LogP contribution in [0.3, 0.4) is 0 Å². The molecule has 134 valence electrons. The van der Waals surface area contributed by atoms with Crippen LogP contribution in [0.4, 0.5) is 10.5 Å². The van der Waals surface area contributed by atoms with Gasteiger partial charge in [-0.15, -0.1) is 0 Å². The van der Waals surface area contributed by atoms with E-state index < -0.39 is 0 Å². The van der Waals surface area contributed by atoms with Crippen LogP contribution in [-0.4, -0.2) is 70.9 Å².